The highest BCUT2D eigenvalue weighted by atomic mass is 16.7. The van der Waals surface area contributed by atoms with E-state index in [0.717, 1.165) is 41.9 Å². The second-order valence-corrected chi connectivity index (χ2v) is 9.34. The molecule has 0 aliphatic carbocycles. The predicted octanol–water partition coefficient (Wildman–Crippen LogP) is 4.70. The molecule has 0 bridgehead atoms. The fraction of sp³-hybridized carbons (Fsp3) is 0.556. The Morgan fingerprint density at radius 2 is 1.44 bits per heavy atom. The van der Waals surface area contributed by atoms with E-state index in [0.29, 0.717) is 6.54 Å². The van der Waals surface area contributed by atoms with Crippen LogP contribution in [0.2, 0.25) is 0 Å². The number of ether oxygens (including phenoxy) is 2. The molecule has 1 unspecified atom stereocenters. The Balaban J connectivity index is 1.56. The highest BCUT2D eigenvalue weighted by molar-refractivity contribution is 5.27. The molecule has 0 aromatic heterocycles. The fourth-order valence-corrected chi connectivity index (χ4v) is 4.89. The molecule has 4 atom stereocenters. The number of hydrogen-bond acceptors (Lipinski definition) is 5. The molecular weight excluding hydrogens is 400 g/mol. The van der Waals surface area contributed by atoms with Crippen molar-refractivity contribution >= 4 is 0 Å². The molecule has 2 aromatic rings. The van der Waals surface area contributed by atoms with Crippen molar-refractivity contribution in [3.05, 3.63) is 70.8 Å². The number of aliphatic hydroxyl groups excluding tert-OH is 1. The molecule has 0 spiro atoms. The number of rotatable bonds is 6. The molecule has 0 radical (unpaired) electrons. The number of benzene rings is 2. The summed E-state index contributed by atoms with van der Waals surface area (Å²) in [5.74, 6) is 0.222. The Hall–Kier alpha value is -1.76. The summed E-state index contributed by atoms with van der Waals surface area (Å²) in [6.45, 7) is 6.07. The van der Waals surface area contributed by atoms with Crippen LogP contribution in [0.4, 0.5) is 0 Å². The van der Waals surface area contributed by atoms with Gasteiger partial charge in [0, 0.05) is 24.6 Å². The Kier molecular flexibility index (Phi) is 8.33. The monoisotopic (exact) mass is 438 g/mol. The molecule has 2 saturated heterocycles. The summed E-state index contributed by atoms with van der Waals surface area (Å²) in [4.78, 5) is 2.59. The van der Waals surface area contributed by atoms with Crippen LogP contribution in [0.15, 0.2) is 48.5 Å². The quantitative estimate of drug-likeness (QED) is 0.685. The normalized spacial score (nSPS) is 27.6. The Labute approximate surface area is 192 Å². The lowest BCUT2D eigenvalue weighted by molar-refractivity contribution is -0.276. The molecule has 0 saturated carbocycles. The van der Waals surface area contributed by atoms with Crippen LogP contribution >= 0.6 is 0 Å². The number of hydrogen-bond donors (Lipinski definition) is 2. The van der Waals surface area contributed by atoms with Crippen molar-refractivity contribution in [2.45, 2.75) is 70.7 Å². The van der Waals surface area contributed by atoms with Crippen molar-refractivity contribution in [1.29, 1.82) is 0 Å². The van der Waals surface area contributed by atoms with Crippen LogP contribution in [0, 0.1) is 5.92 Å². The first-order valence-electron chi connectivity index (χ1n) is 12.2. The van der Waals surface area contributed by atoms with E-state index in [1.54, 1.807) is 0 Å². The molecule has 5 heteroatoms. The van der Waals surface area contributed by atoms with Gasteiger partial charge in [-0.2, -0.15) is 0 Å². The Morgan fingerprint density at radius 3 is 2.06 bits per heavy atom. The lowest BCUT2D eigenvalue weighted by Gasteiger charge is -2.43. The molecule has 174 valence electrons. The van der Waals surface area contributed by atoms with Crippen LogP contribution in [0.3, 0.4) is 0 Å². The van der Waals surface area contributed by atoms with Gasteiger partial charge in [0.05, 0.1) is 18.8 Å². The zero-order valence-electron chi connectivity index (χ0n) is 19.3. The van der Waals surface area contributed by atoms with E-state index in [2.05, 4.69) is 48.2 Å². The van der Waals surface area contributed by atoms with Crippen molar-refractivity contribution in [2.24, 2.45) is 11.7 Å². The Morgan fingerprint density at radius 1 is 0.844 bits per heavy atom. The second-order valence-electron chi connectivity index (χ2n) is 9.34. The van der Waals surface area contributed by atoms with Gasteiger partial charge in [-0.1, -0.05) is 74.7 Å². The van der Waals surface area contributed by atoms with Crippen molar-refractivity contribution in [3.63, 3.8) is 0 Å². The number of nitrogens with zero attached hydrogens (tertiary/aromatic N) is 1. The number of likely N-dealkylation sites (tertiary alicyclic amines) is 1. The minimum atomic E-state index is -0.403. The first-order valence-corrected chi connectivity index (χ1v) is 12.2. The predicted molar refractivity (Wildman–Crippen MR) is 127 cm³/mol. The molecule has 2 aliphatic heterocycles. The van der Waals surface area contributed by atoms with Gasteiger partial charge in [-0.05, 0) is 42.6 Å². The lowest BCUT2D eigenvalue weighted by Crippen LogP contribution is -2.45. The third-order valence-corrected chi connectivity index (χ3v) is 7.00. The molecule has 5 nitrogen and oxygen atoms in total. The maximum absolute atomic E-state index is 9.43. The zero-order valence-corrected chi connectivity index (χ0v) is 19.3. The highest BCUT2D eigenvalue weighted by Gasteiger charge is 2.39. The maximum Gasteiger partial charge on any atom is 0.184 e. The molecule has 4 rings (SSSR count). The average molecular weight is 439 g/mol. The molecule has 2 aliphatic rings. The third kappa shape index (κ3) is 5.77. The second kappa shape index (κ2) is 11.4. The van der Waals surface area contributed by atoms with Crippen LogP contribution in [0.5, 0.6) is 0 Å². The van der Waals surface area contributed by atoms with Gasteiger partial charge in [0.25, 0.3) is 0 Å². The maximum atomic E-state index is 9.43. The van der Waals surface area contributed by atoms with Gasteiger partial charge >= 0.3 is 0 Å². The van der Waals surface area contributed by atoms with Crippen LogP contribution in [0.25, 0.3) is 0 Å². The summed E-state index contributed by atoms with van der Waals surface area (Å²) in [6.07, 6.45) is 6.19. The Bertz CT molecular complexity index is 816. The fourth-order valence-electron chi connectivity index (χ4n) is 4.89. The first kappa shape index (κ1) is 23.4. The summed E-state index contributed by atoms with van der Waals surface area (Å²) in [7, 11) is 0. The SMILES string of the molecule is C[C@H]1[C@@H](CN2CCCCCCC2)OC(c2ccc(CN)cc2)O[C@H]1c1ccc(CO)cc1. The summed E-state index contributed by atoms with van der Waals surface area (Å²) in [5, 5.41) is 9.43. The minimum Gasteiger partial charge on any atom is -0.392 e. The van der Waals surface area contributed by atoms with Crippen molar-refractivity contribution in [2.75, 3.05) is 19.6 Å². The van der Waals surface area contributed by atoms with E-state index in [1.165, 1.54) is 32.1 Å². The van der Waals surface area contributed by atoms with Gasteiger partial charge in [0.2, 0.25) is 0 Å². The summed E-state index contributed by atoms with van der Waals surface area (Å²) in [6, 6.07) is 16.4. The van der Waals surface area contributed by atoms with E-state index in [1.807, 2.05) is 12.1 Å². The van der Waals surface area contributed by atoms with E-state index < -0.39 is 6.29 Å². The number of aliphatic hydroxyl groups is 1. The molecule has 32 heavy (non-hydrogen) atoms. The molecule has 2 heterocycles. The minimum absolute atomic E-state index is 0.0537. The van der Waals surface area contributed by atoms with Crippen LogP contribution in [0.1, 0.15) is 73.7 Å². The largest absolute Gasteiger partial charge is 0.392 e. The van der Waals surface area contributed by atoms with Gasteiger partial charge in [-0.15, -0.1) is 0 Å². The van der Waals surface area contributed by atoms with Crippen LogP contribution in [-0.2, 0) is 22.6 Å². The number of nitrogens with two attached hydrogens (primary N) is 1. The molecular formula is C27H38N2O3. The van der Waals surface area contributed by atoms with Crippen molar-refractivity contribution < 1.29 is 14.6 Å². The van der Waals surface area contributed by atoms with Gasteiger partial charge in [0.15, 0.2) is 6.29 Å². The van der Waals surface area contributed by atoms with E-state index in [-0.39, 0.29) is 24.7 Å². The third-order valence-electron chi connectivity index (χ3n) is 7.00. The smallest absolute Gasteiger partial charge is 0.184 e. The van der Waals surface area contributed by atoms with Crippen molar-refractivity contribution in [1.82, 2.24) is 4.90 Å². The standard InChI is InChI=1S/C27H38N2O3/c1-20-25(18-29-15-5-3-2-4-6-16-29)31-27(24-13-7-21(17-28)8-14-24)32-26(20)23-11-9-22(19-30)10-12-23/h7-14,20,25-27,30H,2-6,15-19,28H2,1H3/t20-,25+,26+,27?/m0/s1. The lowest BCUT2D eigenvalue weighted by atomic mass is 9.89. The van der Waals surface area contributed by atoms with E-state index >= 15 is 0 Å². The van der Waals surface area contributed by atoms with Gasteiger partial charge < -0.3 is 25.2 Å². The van der Waals surface area contributed by atoms with E-state index in [9.17, 15) is 5.11 Å². The van der Waals surface area contributed by atoms with E-state index in [4.69, 9.17) is 15.2 Å². The van der Waals surface area contributed by atoms with Gasteiger partial charge in [0.1, 0.15) is 0 Å². The average Bonchev–Trinajstić information content (AvgIpc) is 2.82. The molecule has 2 fully saturated rings. The molecule has 0 amide bonds. The van der Waals surface area contributed by atoms with Crippen molar-refractivity contribution in [3.8, 4) is 0 Å². The van der Waals surface area contributed by atoms with Crippen LogP contribution in [-0.4, -0.2) is 35.7 Å². The van der Waals surface area contributed by atoms with Gasteiger partial charge in [-0.3, -0.25) is 0 Å². The summed E-state index contributed by atoms with van der Waals surface area (Å²) >= 11 is 0. The first-order chi connectivity index (χ1) is 15.7. The summed E-state index contributed by atoms with van der Waals surface area (Å²) in [5.41, 5.74) is 9.97. The van der Waals surface area contributed by atoms with Crippen LogP contribution < -0.4 is 5.73 Å². The topological polar surface area (TPSA) is 68.0 Å². The highest BCUT2D eigenvalue weighted by Crippen LogP contribution is 2.42. The molecule has 2 aromatic carbocycles. The zero-order chi connectivity index (χ0) is 22.3. The summed E-state index contributed by atoms with van der Waals surface area (Å²) < 4.78 is 13.1. The van der Waals surface area contributed by atoms with Gasteiger partial charge in [-0.25, -0.2) is 0 Å². The molecule has 3 N–H and O–H groups in total.